The Morgan fingerprint density at radius 2 is 2.00 bits per heavy atom. The fourth-order valence-electron chi connectivity index (χ4n) is 4.98. The molecule has 0 atom stereocenters. The van der Waals surface area contributed by atoms with Crippen molar-refractivity contribution < 1.29 is 14.3 Å². The highest BCUT2D eigenvalue weighted by molar-refractivity contribution is 6.19. The van der Waals surface area contributed by atoms with Gasteiger partial charge in [0.05, 0.1) is 11.0 Å². The summed E-state index contributed by atoms with van der Waals surface area (Å²) in [5.74, 6) is 1.12. The van der Waals surface area contributed by atoms with E-state index < -0.39 is 11.7 Å². The third-order valence-electron chi connectivity index (χ3n) is 6.58. The largest absolute Gasteiger partial charge is 0.442 e. The Morgan fingerprint density at radius 1 is 1.29 bits per heavy atom. The lowest BCUT2D eigenvalue weighted by molar-refractivity contribution is -0.114. The molecule has 1 aromatic carbocycles. The van der Waals surface area contributed by atoms with Gasteiger partial charge in [-0.3, -0.25) is 9.80 Å². The van der Waals surface area contributed by atoms with Crippen molar-refractivity contribution in [3.63, 3.8) is 0 Å². The number of rotatable bonds is 10. The predicted molar refractivity (Wildman–Crippen MR) is 148 cm³/mol. The van der Waals surface area contributed by atoms with Crippen LogP contribution in [0.5, 0.6) is 0 Å². The van der Waals surface area contributed by atoms with Crippen LogP contribution in [0.2, 0.25) is 0 Å². The van der Waals surface area contributed by atoms with Gasteiger partial charge in [-0.15, -0.1) is 16.8 Å². The third kappa shape index (κ3) is 6.33. The first-order valence-corrected chi connectivity index (χ1v) is 12.8. The van der Waals surface area contributed by atoms with E-state index in [2.05, 4.69) is 41.7 Å². The van der Waals surface area contributed by atoms with Crippen molar-refractivity contribution in [3.8, 4) is 0 Å². The first kappa shape index (κ1) is 28.7. The van der Waals surface area contributed by atoms with Crippen LogP contribution in [0.3, 0.4) is 0 Å². The molecule has 1 saturated carbocycles. The number of ether oxygens (including phenoxy) is 1. The second-order valence-corrected chi connectivity index (χ2v) is 10.9. The molecule has 2 aromatic rings. The van der Waals surface area contributed by atoms with Gasteiger partial charge in [-0.25, -0.2) is 9.80 Å². The Hall–Kier alpha value is -3.88. The highest BCUT2D eigenvalue weighted by atomic mass is 16.6. The van der Waals surface area contributed by atoms with Crippen molar-refractivity contribution in [1.29, 1.82) is 0 Å². The molecule has 1 aromatic heterocycles. The minimum absolute atomic E-state index is 0.279. The number of hydrogen-bond donors (Lipinski definition) is 1. The molecular formula is C29H40N6O3. The molecule has 0 saturated heterocycles. The van der Waals surface area contributed by atoms with E-state index in [1.165, 1.54) is 11.2 Å². The summed E-state index contributed by atoms with van der Waals surface area (Å²) in [6, 6.07) is 7.95. The van der Waals surface area contributed by atoms with Crippen molar-refractivity contribution in [2.24, 2.45) is 13.0 Å². The predicted octanol–water partition coefficient (Wildman–Crippen LogP) is 4.79. The Morgan fingerprint density at radius 3 is 2.55 bits per heavy atom. The molecular weight excluding hydrogens is 480 g/mol. The van der Waals surface area contributed by atoms with Crippen LogP contribution < -0.4 is 5.32 Å². The summed E-state index contributed by atoms with van der Waals surface area (Å²) in [6.45, 7) is 15.4. The zero-order valence-corrected chi connectivity index (χ0v) is 23.4. The van der Waals surface area contributed by atoms with Gasteiger partial charge in [-0.05, 0) is 69.3 Å². The average Bonchev–Trinajstić information content (AvgIpc) is 3.25. The van der Waals surface area contributed by atoms with E-state index in [4.69, 9.17) is 4.74 Å². The zero-order valence-electron chi connectivity index (χ0n) is 23.4. The maximum absolute atomic E-state index is 13.2. The summed E-state index contributed by atoms with van der Waals surface area (Å²) >= 11 is 0. The number of amides is 2. The van der Waals surface area contributed by atoms with E-state index in [9.17, 15) is 9.59 Å². The van der Waals surface area contributed by atoms with Crippen LogP contribution in [0.1, 0.15) is 63.9 Å². The second kappa shape index (κ2) is 11.7. The topological polar surface area (TPSA) is 92.6 Å². The smallest absolute Gasteiger partial charge is 0.429 e. The molecule has 0 aliphatic heterocycles. The number of aryl methyl sites for hydroxylation is 1. The minimum Gasteiger partial charge on any atom is -0.442 e. The van der Waals surface area contributed by atoms with Crippen LogP contribution in [0, 0.1) is 5.92 Å². The van der Waals surface area contributed by atoms with Gasteiger partial charge in [0.2, 0.25) is 0 Å². The number of hydrazine groups is 1. The summed E-state index contributed by atoms with van der Waals surface area (Å²) < 4.78 is 7.58. The molecule has 0 unspecified atom stereocenters. The van der Waals surface area contributed by atoms with Gasteiger partial charge in [-0.1, -0.05) is 37.8 Å². The molecule has 38 heavy (non-hydrogen) atoms. The number of hydrogen-bond acceptors (Lipinski definition) is 6. The Kier molecular flexibility index (Phi) is 8.81. The number of nitrogens with one attached hydrogen (secondary N) is 1. The van der Waals surface area contributed by atoms with Crippen LogP contribution in [0.25, 0.3) is 5.57 Å². The fourth-order valence-corrected chi connectivity index (χ4v) is 4.98. The quantitative estimate of drug-likeness (QED) is 0.275. The normalized spacial score (nSPS) is 19.2. The van der Waals surface area contributed by atoms with Gasteiger partial charge in [0, 0.05) is 26.8 Å². The van der Waals surface area contributed by atoms with Crippen LogP contribution in [-0.2, 0) is 22.0 Å². The van der Waals surface area contributed by atoms with Crippen molar-refractivity contribution in [2.75, 3.05) is 13.6 Å². The summed E-state index contributed by atoms with van der Waals surface area (Å²) in [6.07, 6.45) is 8.36. The molecule has 1 aliphatic carbocycles. The highest BCUT2D eigenvalue weighted by Crippen LogP contribution is 2.51. The Labute approximate surface area is 225 Å². The second-order valence-electron chi connectivity index (χ2n) is 10.9. The van der Waals surface area contributed by atoms with E-state index >= 15 is 0 Å². The average molecular weight is 521 g/mol. The Balaban J connectivity index is 2.05. The maximum atomic E-state index is 13.2. The summed E-state index contributed by atoms with van der Waals surface area (Å²) in [7, 11) is 3.67. The molecule has 1 heterocycles. The molecule has 9 heteroatoms. The van der Waals surface area contributed by atoms with Crippen molar-refractivity contribution in [2.45, 2.75) is 58.0 Å². The summed E-state index contributed by atoms with van der Waals surface area (Å²) in [4.78, 5) is 26.3. The van der Waals surface area contributed by atoms with Crippen LogP contribution in [0.4, 0.5) is 4.79 Å². The molecule has 1 N–H and O–H groups in total. The van der Waals surface area contributed by atoms with Crippen molar-refractivity contribution in [3.05, 3.63) is 79.2 Å². The molecule has 2 amide bonds. The van der Waals surface area contributed by atoms with Gasteiger partial charge in [-0.2, -0.15) is 0 Å². The van der Waals surface area contributed by atoms with E-state index in [1.807, 2.05) is 50.6 Å². The van der Waals surface area contributed by atoms with Gasteiger partial charge in [0.25, 0.3) is 5.91 Å². The molecule has 0 spiro atoms. The van der Waals surface area contributed by atoms with E-state index in [-0.39, 0.29) is 11.3 Å². The van der Waals surface area contributed by atoms with Crippen LogP contribution in [0.15, 0.2) is 62.2 Å². The molecule has 204 valence electrons. The number of carbonyl (C=O) groups excluding carboxylic acids is 2. The lowest BCUT2D eigenvalue weighted by Gasteiger charge is -2.46. The lowest BCUT2D eigenvalue weighted by Crippen LogP contribution is -2.45. The molecule has 0 radical (unpaired) electrons. The van der Waals surface area contributed by atoms with Gasteiger partial charge in [0.15, 0.2) is 0 Å². The van der Waals surface area contributed by atoms with Crippen molar-refractivity contribution >= 4 is 17.6 Å². The van der Waals surface area contributed by atoms with Gasteiger partial charge in [0.1, 0.15) is 17.8 Å². The van der Waals surface area contributed by atoms with Crippen LogP contribution >= 0.6 is 0 Å². The monoisotopic (exact) mass is 520 g/mol. The molecule has 1 fully saturated rings. The standard InChI is InChI=1S/C29H40N6O3/c1-9-11-15-35(27(37)38-28(4,5)6)34(8)19-24(25(36)30-10-2)22-13-12-14-23(16-22)29(17-21(3)18-29)26-32-31-20-33(26)7/h9-10,12-14,16,19-21H,1-2,11,15,17-18H2,3-8H3,(H,30,36)/b24-19-. The summed E-state index contributed by atoms with van der Waals surface area (Å²) in [5, 5.41) is 14.3. The maximum Gasteiger partial charge on any atom is 0.429 e. The molecule has 3 rings (SSSR count). The Bertz CT molecular complexity index is 1200. The van der Waals surface area contributed by atoms with E-state index in [1.54, 1.807) is 30.7 Å². The lowest BCUT2D eigenvalue weighted by atomic mass is 9.58. The first-order valence-electron chi connectivity index (χ1n) is 12.8. The molecule has 1 aliphatic rings. The number of nitrogens with zero attached hydrogens (tertiary/aromatic N) is 5. The van der Waals surface area contributed by atoms with Gasteiger partial charge >= 0.3 is 6.09 Å². The zero-order chi connectivity index (χ0) is 28.1. The third-order valence-corrected chi connectivity index (χ3v) is 6.58. The summed E-state index contributed by atoms with van der Waals surface area (Å²) in [5.41, 5.74) is 1.21. The SMILES string of the molecule is C=CCCN(C(=O)OC(C)(C)C)N(C)/C=C(\C(=O)NC=C)c1cccc(C2(c3nncn3C)CC(C)C2)c1. The van der Waals surface area contributed by atoms with E-state index in [0.717, 1.165) is 24.2 Å². The number of aromatic nitrogens is 3. The fraction of sp³-hybridized carbons (Fsp3) is 0.448. The molecule has 9 nitrogen and oxygen atoms in total. The van der Waals surface area contributed by atoms with Gasteiger partial charge < -0.3 is 14.6 Å². The minimum atomic E-state index is -0.667. The molecule has 0 bridgehead atoms. The number of benzene rings is 1. The van der Waals surface area contributed by atoms with Crippen LogP contribution in [-0.4, -0.2) is 56.0 Å². The number of carbonyl (C=O) groups is 2. The van der Waals surface area contributed by atoms with E-state index in [0.29, 0.717) is 30.0 Å². The van der Waals surface area contributed by atoms with Crippen molar-refractivity contribution in [1.82, 2.24) is 30.1 Å². The highest BCUT2D eigenvalue weighted by Gasteiger charge is 2.48. The first-order chi connectivity index (χ1) is 17.9.